The van der Waals surface area contributed by atoms with Crippen molar-refractivity contribution in [3.05, 3.63) is 45.5 Å². The minimum atomic E-state index is -0.285. The van der Waals surface area contributed by atoms with Crippen LogP contribution in [-0.4, -0.2) is 19.5 Å². The molecule has 0 saturated carbocycles. The summed E-state index contributed by atoms with van der Waals surface area (Å²) in [5.41, 5.74) is 6.88. The fourth-order valence-corrected chi connectivity index (χ4v) is 2.18. The molecule has 0 bridgehead atoms. The maximum absolute atomic E-state index is 12.0. The smallest absolute Gasteiger partial charge is 0.277 e. The highest BCUT2D eigenvalue weighted by Gasteiger charge is 2.15. The van der Waals surface area contributed by atoms with Crippen LogP contribution in [0.1, 0.15) is 5.82 Å². The van der Waals surface area contributed by atoms with Crippen LogP contribution in [0.25, 0.3) is 16.9 Å². The molecule has 96 valence electrons. The highest BCUT2D eigenvalue weighted by molar-refractivity contribution is 6.30. The zero-order chi connectivity index (χ0) is 13.6. The van der Waals surface area contributed by atoms with E-state index in [-0.39, 0.29) is 11.5 Å². The Morgan fingerprint density at radius 1 is 1.37 bits per heavy atom. The third-order valence-electron chi connectivity index (χ3n) is 2.73. The third kappa shape index (κ3) is 1.86. The zero-order valence-corrected chi connectivity index (χ0v) is 10.8. The Balaban J connectivity index is 2.42. The van der Waals surface area contributed by atoms with Gasteiger partial charge in [0.25, 0.3) is 5.56 Å². The first-order valence-electron chi connectivity index (χ1n) is 5.57. The lowest BCUT2D eigenvalue weighted by molar-refractivity contribution is 1.03. The van der Waals surface area contributed by atoms with Crippen molar-refractivity contribution < 1.29 is 0 Å². The summed E-state index contributed by atoms with van der Waals surface area (Å²) in [4.78, 5) is 23.0. The third-order valence-corrected chi connectivity index (χ3v) is 2.97. The average Bonchev–Trinajstić information content (AvgIpc) is 2.65. The van der Waals surface area contributed by atoms with Gasteiger partial charge in [0, 0.05) is 5.02 Å². The number of nitrogens with one attached hydrogen (secondary N) is 1. The SMILES string of the molecule is Cc1nc2nc(N)n(-c3cccc(Cl)c3)c2c(=O)[nH]1. The maximum Gasteiger partial charge on any atom is 0.277 e. The van der Waals surface area contributed by atoms with E-state index >= 15 is 0 Å². The summed E-state index contributed by atoms with van der Waals surface area (Å²) in [5.74, 6) is 0.689. The average molecular weight is 276 g/mol. The molecule has 0 fully saturated rings. The number of aromatic amines is 1. The molecular weight excluding hydrogens is 266 g/mol. The summed E-state index contributed by atoms with van der Waals surface area (Å²) in [6.45, 7) is 1.69. The molecule has 0 amide bonds. The van der Waals surface area contributed by atoms with Gasteiger partial charge in [-0.1, -0.05) is 17.7 Å². The molecule has 3 aromatic rings. The molecule has 2 heterocycles. The molecule has 1 aromatic carbocycles. The molecule has 0 radical (unpaired) electrons. The van der Waals surface area contributed by atoms with E-state index in [0.717, 1.165) is 0 Å². The van der Waals surface area contributed by atoms with E-state index in [9.17, 15) is 4.79 Å². The van der Waals surface area contributed by atoms with Crippen molar-refractivity contribution >= 4 is 28.7 Å². The molecule has 0 aliphatic rings. The number of nitrogens with two attached hydrogens (primary N) is 1. The number of hydrogen-bond acceptors (Lipinski definition) is 4. The first-order chi connectivity index (χ1) is 9.06. The molecule has 19 heavy (non-hydrogen) atoms. The van der Waals surface area contributed by atoms with Gasteiger partial charge in [-0.15, -0.1) is 0 Å². The summed E-state index contributed by atoms with van der Waals surface area (Å²) >= 11 is 5.95. The number of nitrogen functional groups attached to an aromatic ring is 1. The number of imidazole rings is 1. The van der Waals surface area contributed by atoms with E-state index in [1.165, 1.54) is 4.57 Å². The van der Waals surface area contributed by atoms with Crippen molar-refractivity contribution in [3.8, 4) is 5.69 Å². The van der Waals surface area contributed by atoms with Crippen LogP contribution in [0.4, 0.5) is 5.95 Å². The number of fused-ring (bicyclic) bond motifs is 1. The predicted octanol–water partition coefficient (Wildman–Crippen LogP) is 1.65. The first-order valence-corrected chi connectivity index (χ1v) is 5.95. The normalized spacial score (nSPS) is 11.1. The van der Waals surface area contributed by atoms with E-state index < -0.39 is 0 Å². The van der Waals surface area contributed by atoms with Gasteiger partial charge in [0.1, 0.15) is 5.82 Å². The number of halogens is 1. The number of aryl methyl sites for hydroxylation is 1. The van der Waals surface area contributed by atoms with Crippen molar-refractivity contribution in [2.45, 2.75) is 6.92 Å². The van der Waals surface area contributed by atoms with Gasteiger partial charge in [-0.3, -0.25) is 9.36 Å². The molecule has 7 heteroatoms. The number of H-pyrrole nitrogens is 1. The minimum absolute atomic E-state index is 0.195. The van der Waals surface area contributed by atoms with Crippen molar-refractivity contribution in [2.75, 3.05) is 5.73 Å². The number of aromatic nitrogens is 4. The molecule has 2 aromatic heterocycles. The lowest BCUT2D eigenvalue weighted by Gasteiger charge is -2.05. The Bertz CT molecular complexity index is 836. The lowest BCUT2D eigenvalue weighted by atomic mass is 10.3. The van der Waals surface area contributed by atoms with Crippen LogP contribution in [0.2, 0.25) is 5.02 Å². The molecule has 0 unspecified atom stereocenters. The Labute approximate surface area is 112 Å². The molecule has 3 N–H and O–H groups in total. The van der Waals surface area contributed by atoms with E-state index in [0.29, 0.717) is 27.7 Å². The second-order valence-electron chi connectivity index (χ2n) is 4.11. The molecule has 0 atom stereocenters. The summed E-state index contributed by atoms with van der Waals surface area (Å²) < 4.78 is 1.53. The van der Waals surface area contributed by atoms with Gasteiger partial charge in [0.15, 0.2) is 11.2 Å². The van der Waals surface area contributed by atoms with Crippen LogP contribution in [-0.2, 0) is 0 Å². The topological polar surface area (TPSA) is 89.6 Å². The fourth-order valence-electron chi connectivity index (χ4n) is 1.99. The minimum Gasteiger partial charge on any atom is -0.369 e. The van der Waals surface area contributed by atoms with Crippen LogP contribution < -0.4 is 11.3 Å². The van der Waals surface area contributed by atoms with Gasteiger partial charge in [-0.05, 0) is 25.1 Å². The number of anilines is 1. The van der Waals surface area contributed by atoms with E-state index in [1.807, 2.05) is 0 Å². The van der Waals surface area contributed by atoms with Crippen LogP contribution in [0.5, 0.6) is 0 Å². The van der Waals surface area contributed by atoms with Gasteiger partial charge in [-0.25, -0.2) is 4.98 Å². The zero-order valence-electron chi connectivity index (χ0n) is 10.0. The quantitative estimate of drug-likeness (QED) is 0.707. The Morgan fingerprint density at radius 2 is 2.16 bits per heavy atom. The summed E-state index contributed by atoms with van der Waals surface area (Å²) in [6.07, 6.45) is 0. The summed E-state index contributed by atoms with van der Waals surface area (Å²) in [6, 6.07) is 7.02. The molecular formula is C12H10ClN5O. The molecule has 0 spiro atoms. The lowest BCUT2D eigenvalue weighted by Crippen LogP contribution is -2.13. The van der Waals surface area contributed by atoms with E-state index in [4.69, 9.17) is 17.3 Å². The highest BCUT2D eigenvalue weighted by atomic mass is 35.5. The molecule has 0 saturated heterocycles. The van der Waals surface area contributed by atoms with Gasteiger partial charge in [0.05, 0.1) is 5.69 Å². The molecule has 3 rings (SSSR count). The maximum atomic E-state index is 12.0. The van der Waals surface area contributed by atoms with Gasteiger partial charge < -0.3 is 10.7 Å². The predicted molar refractivity (Wildman–Crippen MR) is 73.6 cm³/mol. The number of nitrogens with zero attached hydrogens (tertiary/aromatic N) is 3. The molecule has 0 aliphatic heterocycles. The monoisotopic (exact) mass is 275 g/mol. The Kier molecular flexibility index (Phi) is 2.53. The fraction of sp³-hybridized carbons (Fsp3) is 0.0833. The van der Waals surface area contributed by atoms with Crippen LogP contribution in [0, 0.1) is 6.92 Å². The summed E-state index contributed by atoms with van der Waals surface area (Å²) in [5, 5.41) is 0.551. The number of rotatable bonds is 1. The van der Waals surface area contributed by atoms with Crippen molar-refractivity contribution in [3.63, 3.8) is 0 Å². The van der Waals surface area contributed by atoms with Crippen LogP contribution in [0.3, 0.4) is 0 Å². The van der Waals surface area contributed by atoms with Crippen molar-refractivity contribution in [1.29, 1.82) is 0 Å². The van der Waals surface area contributed by atoms with Gasteiger partial charge in [-0.2, -0.15) is 4.98 Å². The molecule has 6 nitrogen and oxygen atoms in total. The highest BCUT2D eigenvalue weighted by Crippen LogP contribution is 2.21. The van der Waals surface area contributed by atoms with Crippen LogP contribution >= 0.6 is 11.6 Å². The largest absolute Gasteiger partial charge is 0.369 e. The molecule has 0 aliphatic carbocycles. The standard InChI is InChI=1S/C12H10ClN5O/c1-6-15-10-9(11(19)16-6)18(12(14)17-10)8-4-2-3-7(13)5-8/h2-5H,1H3,(H3,14,15,16,17,19). The van der Waals surface area contributed by atoms with Gasteiger partial charge >= 0.3 is 0 Å². The second-order valence-corrected chi connectivity index (χ2v) is 4.55. The second kappa shape index (κ2) is 4.10. The summed E-state index contributed by atoms with van der Waals surface area (Å²) in [7, 11) is 0. The Morgan fingerprint density at radius 3 is 2.89 bits per heavy atom. The van der Waals surface area contributed by atoms with E-state index in [2.05, 4.69) is 15.0 Å². The first kappa shape index (κ1) is 11.7. The van der Waals surface area contributed by atoms with Crippen molar-refractivity contribution in [2.24, 2.45) is 0 Å². The van der Waals surface area contributed by atoms with E-state index in [1.54, 1.807) is 31.2 Å². The van der Waals surface area contributed by atoms with Gasteiger partial charge in [0.2, 0.25) is 5.95 Å². The number of benzene rings is 1. The Hall–Kier alpha value is -2.34. The number of hydrogen-bond donors (Lipinski definition) is 2. The van der Waals surface area contributed by atoms with Crippen LogP contribution in [0.15, 0.2) is 29.1 Å². The van der Waals surface area contributed by atoms with Crippen molar-refractivity contribution in [1.82, 2.24) is 19.5 Å².